The van der Waals surface area contributed by atoms with Crippen molar-refractivity contribution in [3.63, 3.8) is 0 Å². The number of methoxy groups -OCH3 is 1. The van der Waals surface area contributed by atoms with Crippen LogP contribution in [0.15, 0.2) is 18.2 Å². The second-order valence-electron chi connectivity index (χ2n) is 5.06. The number of amides is 1. The van der Waals surface area contributed by atoms with Crippen LogP contribution in [0.25, 0.3) is 0 Å². The summed E-state index contributed by atoms with van der Waals surface area (Å²) in [6.45, 7) is 3.50. The van der Waals surface area contributed by atoms with Crippen molar-refractivity contribution < 1.29 is 9.53 Å². The predicted octanol–water partition coefficient (Wildman–Crippen LogP) is 2.42. The van der Waals surface area contributed by atoms with Crippen molar-refractivity contribution in [2.45, 2.75) is 19.4 Å². The zero-order chi connectivity index (χ0) is 14.0. The Bertz CT molecular complexity index is 458. The Morgan fingerprint density at radius 2 is 2.21 bits per heavy atom. The molecule has 104 valence electrons. The molecule has 4 nitrogen and oxygen atoms in total. The maximum atomic E-state index is 12.4. The Morgan fingerprint density at radius 1 is 1.47 bits per heavy atom. The van der Waals surface area contributed by atoms with Crippen molar-refractivity contribution in [1.82, 2.24) is 4.90 Å². The minimum atomic E-state index is -0.0387. The molecule has 2 rings (SSSR count). The molecule has 19 heavy (non-hydrogen) atoms. The summed E-state index contributed by atoms with van der Waals surface area (Å²) in [5.74, 6) is 0.432. The fourth-order valence-corrected chi connectivity index (χ4v) is 2.69. The van der Waals surface area contributed by atoms with Crippen LogP contribution in [0.3, 0.4) is 0 Å². The van der Waals surface area contributed by atoms with Gasteiger partial charge < -0.3 is 15.4 Å². The molecular weight excluding hydrogens is 264 g/mol. The molecule has 1 amide bonds. The molecule has 1 aliphatic rings. The summed E-state index contributed by atoms with van der Waals surface area (Å²) in [6, 6.07) is 4.95. The minimum Gasteiger partial charge on any atom is -0.399 e. The van der Waals surface area contributed by atoms with E-state index in [2.05, 4.69) is 6.92 Å². The Morgan fingerprint density at radius 3 is 2.84 bits per heavy atom. The maximum Gasteiger partial charge on any atom is 0.254 e. The monoisotopic (exact) mass is 282 g/mol. The number of nitrogens with two attached hydrogens (primary N) is 1. The highest BCUT2D eigenvalue weighted by atomic mass is 35.5. The molecule has 0 saturated carbocycles. The molecule has 2 unspecified atom stereocenters. The van der Waals surface area contributed by atoms with Gasteiger partial charge in [-0.05, 0) is 30.5 Å². The zero-order valence-electron chi connectivity index (χ0n) is 11.2. The SMILES string of the molecule is COC1CN(C(=O)c2cc(N)cc(Cl)c2)CCC1C. The van der Waals surface area contributed by atoms with Gasteiger partial charge in [0.25, 0.3) is 5.91 Å². The number of carbonyl (C=O) groups excluding carboxylic acids is 1. The van der Waals surface area contributed by atoms with Crippen molar-refractivity contribution in [3.8, 4) is 0 Å². The lowest BCUT2D eigenvalue weighted by molar-refractivity contribution is -0.00156. The van der Waals surface area contributed by atoms with E-state index in [0.717, 1.165) is 13.0 Å². The van der Waals surface area contributed by atoms with E-state index in [4.69, 9.17) is 22.1 Å². The van der Waals surface area contributed by atoms with Gasteiger partial charge in [-0.2, -0.15) is 0 Å². The highest BCUT2D eigenvalue weighted by molar-refractivity contribution is 6.31. The van der Waals surface area contributed by atoms with Crippen molar-refractivity contribution in [1.29, 1.82) is 0 Å². The van der Waals surface area contributed by atoms with Crippen molar-refractivity contribution in [2.24, 2.45) is 5.92 Å². The van der Waals surface area contributed by atoms with Crippen LogP contribution < -0.4 is 5.73 Å². The normalized spacial score (nSPS) is 23.4. The van der Waals surface area contributed by atoms with Gasteiger partial charge in [-0.25, -0.2) is 0 Å². The average Bonchev–Trinajstić information content (AvgIpc) is 2.37. The van der Waals surface area contributed by atoms with E-state index in [1.807, 2.05) is 0 Å². The smallest absolute Gasteiger partial charge is 0.254 e. The van der Waals surface area contributed by atoms with Crippen LogP contribution in [-0.2, 0) is 4.74 Å². The van der Waals surface area contributed by atoms with Gasteiger partial charge in [0.1, 0.15) is 0 Å². The predicted molar refractivity (Wildman–Crippen MR) is 76.3 cm³/mol. The fraction of sp³-hybridized carbons (Fsp3) is 0.500. The van der Waals surface area contributed by atoms with Crippen molar-refractivity contribution in [3.05, 3.63) is 28.8 Å². The first-order valence-electron chi connectivity index (χ1n) is 6.39. The number of piperidine rings is 1. The number of halogens is 1. The highest BCUT2D eigenvalue weighted by Crippen LogP contribution is 2.23. The topological polar surface area (TPSA) is 55.6 Å². The number of anilines is 1. The van der Waals surface area contributed by atoms with E-state index in [0.29, 0.717) is 28.7 Å². The van der Waals surface area contributed by atoms with Gasteiger partial charge in [-0.1, -0.05) is 18.5 Å². The number of hydrogen-bond donors (Lipinski definition) is 1. The van der Waals surface area contributed by atoms with Crippen LogP contribution in [-0.4, -0.2) is 37.1 Å². The molecule has 2 atom stereocenters. The molecule has 5 heteroatoms. The molecule has 0 aromatic heterocycles. The first kappa shape index (κ1) is 14.2. The van der Waals surface area contributed by atoms with Crippen molar-refractivity contribution in [2.75, 3.05) is 25.9 Å². The summed E-state index contributed by atoms with van der Waals surface area (Å²) < 4.78 is 5.42. The summed E-state index contributed by atoms with van der Waals surface area (Å²) >= 11 is 5.94. The number of nitrogen functional groups attached to an aromatic ring is 1. The summed E-state index contributed by atoms with van der Waals surface area (Å²) in [4.78, 5) is 14.2. The molecule has 1 aliphatic heterocycles. The van der Waals surface area contributed by atoms with Crippen LogP contribution in [0.5, 0.6) is 0 Å². The number of carbonyl (C=O) groups is 1. The van der Waals surface area contributed by atoms with E-state index in [-0.39, 0.29) is 12.0 Å². The van der Waals surface area contributed by atoms with Crippen LogP contribution in [0, 0.1) is 5.92 Å². The van der Waals surface area contributed by atoms with E-state index in [1.54, 1.807) is 30.2 Å². The molecule has 1 heterocycles. The van der Waals surface area contributed by atoms with Gasteiger partial charge in [0.15, 0.2) is 0 Å². The number of rotatable bonds is 2. The Hall–Kier alpha value is -1.26. The van der Waals surface area contributed by atoms with Gasteiger partial charge in [0.2, 0.25) is 0 Å². The highest BCUT2D eigenvalue weighted by Gasteiger charge is 2.29. The molecule has 0 spiro atoms. The number of likely N-dealkylation sites (tertiary alicyclic amines) is 1. The van der Waals surface area contributed by atoms with E-state index in [9.17, 15) is 4.79 Å². The largest absolute Gasteiger partial charge is 0.399 e. The van der Waals surface area contributed by atoms with Crippen LogP contribution in [0.2, 0.25) is 5.02 Å². The average molecular weight is 283 g/mol. The standard InChI is InChI=1S/C14H19ClN2O2/c1-9-3-4-17(8-13(9)19-2)14(18)10-5-11(15)7-12(16)6-10/h5-7,9,13H,3-4,8,16H2,1-2H3. The van der Waals surface area contributed by atoms with Gasteiger partial charge in [0, 0.05) is 36.5 Å². The van der Waals surface area contributed by atoms with Gasteiger partial charge in [0.05, 0.1) is 6.10 Å². The molecule has 1 aromatic rings. The third-order valence-electron chi connectivity index (χ3n) is 3.65. The maximum absolute atomic E-state index is 12.4. The number of benzene rings is 1. The van der Waals surface area contributed by atoms with Crippen LogP contribution in [0.1, 0.15) is 23.7 Å². The number of hydrogen-bond acceptors (Lipinski definition) is 3. The van der Waals surface area contributed by atoms with E-state index in [1.165, 1.54) is 0 Å². The summed E-state index contributed by atoms with van der Waals surface area (Å²) in [5, 5.41) is 0.483. The first-order chi connectivity index (χ1) is 9.01. The minimum absolute atomic E-state index is 0.0387. The molecule has 1 aromatic carbocycles. The third-order valence-corrected chi connectivity index (χ3v) is 3.86. The molecule has 2 N–H and O–H groups in total. The Kier molecular flexibility index (Phi) is 4.32. The Labute approximate surface area is 118 Å². The summed E-state index contributed by atoms with van der Waals surface area (Å²) in [5.41, 5.74) is 6.76. The lowest BCUT2D eigenvalue weighted by Gasteiger charge is -2.36. The van der Waals surface area contributed by atoms with Crippen LogP contribution in [0.4, 0.5) is 5.69 Å². The number of nitrogens with zero attached hydrogens (tertiary/aromatic N) is 1. The van der Waals surface area contributed by atoms with Gasteiger partial charge in [-0.15, -0.1) is 0 Å². The fourth-order valence-electron chi connectivity index (χ4n) is 2.44. The summed E-state index contributed by atoms with van der Waals surface area (Å²) in [7, 11) is 1.69. The quantitative estimate of drug-likeness (QED) is 0.848. The molecule has 0 aliphatic carbocycles. The third kappa shape index (κ3) is 3.19. The molecular formula is C14H19ClN2O2. The van der Waals surface area contributed by atoms with E-state index < -0.39 is 0 Å². The molecule has 1 fully saturated rings. The number of ether oxygens (including phenoxy) is 1. The second kappa shape index (κ2) is 5.80. The zero-order valence-corrected chi connectivity index (χ0v) is 12.0. The van der Waals surface area contributed by atoms with E-state index >= 15 is 0 Å². The summed E-state index contributed by atoms with van der Waals surface area (Å²) in [6.07, 6.45) is 1.04. The van der Waals surface area contributed by atoms with Crippen LogP contribution >= 0.6 is 11.6 Å². The molecule has 1 saturated heterocycles. The second-order valence-corrected chi connectivity index (χ2v) is 5.50. The lowest BCUT2D eigenvalue weighted by Crippen LogP contribution is -2.46. The Balaban J connectivity index is 2.15. The first-order valence-corrected chi connectivity index (χ1v) is 6.77. The molecule has 0 radical (unpaired) electrons. The lowest BCUT2D eigenvalue weighted by atomic mass is 9.95. The van der Waals surface area contributed by atoms with Gasteiger partial charge in [-0.3, -0.25) is 4.79 Å². The van der Waals surface area contributed by atoms with Crippen molar-refractivity contribution >= 4 is 23.2 Å². The molecule has 0 bridgehead atoms. The van der Waals surface area contributed by atoms with Gasteiger partial charge >= 0.3 is 0 Å².